The molecule has 1 aliphatic carbocycles. The Bertz CT molecular complexity index is 1450. The number of alkyl halides is 1. The molecule has 5 rings (SSSR count). The Labute approximate surface area is 223 Å². The fraction of sp³-hybridized carbons (Fsp3) is 0.400. The second-order valence-electron chi connectivity index (χ2n) is 9.39. The van der Waals surface area contributed by atoms with E-state index in [1.54, 1.807) is 0 Å². The number of halogens is 1. The molecule has 0 radical (unpaired) electrons. The molecule has 1 aliphatic heterocycles. The van der Waals surface area contributed by atoms with Crippen molar-refractivity contribution in [2.24, 2.45) is 11.1 Å². The maximum Gasteiger partial charge on any atom is 0.333 e. The van der Waals surface area contributed by atoms with Crippen molar-refractivity contribution >= 4 is 33.2 Å². The summed E-state index contributed by atoms with van der Waals surface area (Å²) in [6.07, 6.45) is -0.0337. The van der Waals surface area contributed by atoms with Crippen molar-refractivity contribution in [2.45, 2.75) is 44.2 Å². The summed E-state index contributed by atoms with van der Waals surface area (Å²) < 4.78 is 47.7. The highest BCUT2D eigenvalue weighted by molar-refractivity contribution is 7.84. The van der Waals surface area contributed by atoms with Gasteiger partial charge in [0.1, 0.15) is 24.4 Å². The number of benzene rings is 1. The van der Waals surface area contributed by atoms with E-state index in [2.05, 4.69) is 25.5 Å². The van der Waals surface area contributed by atoms with Gasteiger partial charge in [0, 0.05) is 17.0 Å². The highest BCUT2D eigenvalue weighted by atomic mass is 32.2. The number of hydrogen-bond donors (Lipinski definition) is 3. The number of thiophene rings is 1. The molecule has 1 saturated carbocycles. The van der Waals surface area contributed by atoms with Gasteiger partial charge in [-0.15, -0.1) is 11.3 Å². The summed E-state index contributed by atoms with van der Waals surface area (Å²) in [6.45, 7) is 2.06. The SMILES string of the molecule is Cc1sc(C(=O)c2cncnc2N[C@@H]2C[C@H](COS(N)(=O)=O)[C@@H](O)[C@@H]2F)cc1[C@@H]1OCCc2ccccc21. The number of carbonyl (C=O) groups is 1. The lowest BCUT2D eigenvalue weighted by atomic mass is 9.93. The third-order valence-corrected chi connectivity index (χ3v) is 8.46. The first kappa shape index (κ1) is 26.8. The number of carbonyl (C=O) groups excluding carboxylic acids is 1. The van der Waals surface area contributed by atoms with Crippen molar-refractivity contribution in [3.8, 4) is 0 Å². The molecule has 0 amide bonds. The summed E-state index contributed by atoms with van der Waals surface area (Å²) in [5, 5.41) is 18.0. The number of aryl methyl sites for hydroxylation is 1. The van der Waals surface area contributed by atoms with E-state index in [4.69, 9.17) is 9.88 Å². The molecule has 38 heavy (non-hydrogen) atoms. The van der Waals surface area contributed by atoms with E-state index in [0.717, 1.165) is 22.4 Å². The van der Waals surface area contributed by atoms with Gasteiger partial charge in [-0.25, -0.2) is 19.5 Å². The van der Waals surface area contributed by atoms with Gasteiger partial charge in [-0.1, -0.05) is 24.3 Å². The van der Waals surface area contributed by atoms with Crippen LogP contribution in [0, 0.1) is 12.8 Å². The van der Waals surface area contributed by atoms with Crippen LogP contribution in [0.15, 0.2) is 42.9 Å². The van der Waals surface area contributed by atoms with Crippen LogP contribution in [0.3, 0.4) is 0 Å². The van der Waals surface area contributed by atoms with Gasteiger partial charge >= 0.3 is 10.3 Å². The monoisotopic (exact) mass is 562 g/mol. The third kappa shape index (κ3) is 5.48. The molecular weight excluding hydrogens is 535 g/mol. The smallest absolute Gasteiger partial charge is 0.333 e. The minimum Gasteiger partial charge on any atom is -0.390 e. The number of nitrogens with one attached hydrogen (secondary N) is 1. The van der Waals surface area contributed by atoms with Crippen LogP contribution in [0.4, 0.5) is 10.2 Å². The first-order valence-electron chi connectivity index (χ1n) is 12.0. The molecule has 202 valence electrons. The van der Waals surface area contributed by atoms with E-state index in [1.807, 2.05) is 31.2 Å². The highest BCUT2D eigenvalue weighted by Crippen LogP contribution is 2.38. The predicted octanol–water partition coefficient (Wildman–Crippen LogP) is 2.46. The molecule has 0 spiro atoms. The zero-order chi connectivity index (χ0) is 27.0. The molecule has 0 saturated heterocycles. The second kappa shape index (κ2) is 10.8. The lowest BCUT2D eigenvalue weighted by molar-refractivity contribution is 0.0501. The van der Waals surface area contributed by atoms with Gasteiger partial charge in [0.2, 0.25) is 5.78 Å². The topological polar surface area (TPSA) is 154 Å². The quantitative estimate of drug-likeness (QED) is 0.351. The Morgan fingerprint density at radius 3 is 2.92 bits per heavy atom. The van der Waals surface area contributed by atoms with E-state index >= 15 is 0 Å². The molecule has 2 aliphatic rings. The molecule has 4 N–H and O–H groups in total. The number of ketones is 1. The number of anilines is 1. The molecule has 10 nitrogen and oxygen atoms in total. The van der Waals surface area contributed by atoms with Crippen molar-refractivity contribution in [3.63, 3.8) is 0 Å². The van der Waals surface area contributed by atoms with Crippen LogP contribution in [0.5, 0.6) is 0 Å². The number of ether oxygens (including phenoxy) is 1. The molecular formula is C25H27FN4O6S2. The number of fused-ring (bicyclic) bond motifs is 1. The van der Waals surface area contributed by atoms with Crippen molar-refractivity contribution in [2.75, 3.05) is 18.5 Å². The van der Waals surface area contributed by atoms with Crippen molar-refractivity contribution in [1.82, 2.24) is 9.97 Å². The average molecular weight is 563 g/mol. The lowest BCUT2D eigenvalue weighted by Gasteiger charge is -2.26. The van der Waals surface area contributed by atoms with Crippen LogP contribution in [-0.4, -0.2) is 60.8 Å². The predicted molar refractivity (Wildman–Crippen MR) is 138 cm³/mol. The maximum atomic E-state index is 14.9. The number of nitrogens with zero attached hydrogens (tertiary/aromatic N) is 2. The Morgan fingerprint density at radius 1 is 1.34 bits per heavy atom. The molecule has 2 aromatic heterocycles. The molecule has 13 heteroatoms. The maximum absolute atomic E-state index is 14.9. The average Bonchev–Trinajstić information content (AvgIpc) is 3.41. The zero-order valence-corrected chi connectivity index (χ0v) is 22.0. The zero-order valence-electron chi connectivity index (χ0n) is 20.4. The number of aliphatic hydroxyl groups is 1. The second-order valence-corrected chi connectivity index (χ2v) is 11.9. The first-order chi connectivity index (χ1) is 18.1. The van der Waals surface area contributed by atoms with Gasteiger partial charge in [-0.3, -0.25) is 8.98 Å². The molecule has 0 unspecified atom stereocenters. The van der Waals surface area contributed by atoms with Gasteiger partial charge in [0.05, 0.1) is 35.8 Å². The van der Waals surface area contributed by atoms with E-state index in [-0.39, 0.29) is 29.7 Å². The van der Waals surface area contributed by atoms with Gasteiger partial charge in [-0.2, -0.15) is 8.42 Å². The Hall–Kier alpha value is -2.81. The van der Waals surface area contributed by atoms with E-state index in [9.17, 15) is 22.7 Å². The Morgan fingerprint density at radius 2 is 2.13 bits per heavy atom. The van der Waals surface area contributed by atoms with Gasteiger partial charge in [0.25, 0.3) is 0 Å². The molecule has 5 atom stereocenters. The lowest BCUT2D eigenvalue weighted by Crippen LogP contribution is -2.33. The summed E-state index contributed by atoms with van der Waals surface area (Å²) in [5.74, 6) is -1.04. The summed E-state index contributed by atoms with van der Waals surface area (Å²) in [6, 6.07) is 8.98. The summed E-state index contributed by atoms with van der Waals surface area (Å²) in [5.41, 5.74) is 3.37. The number of rotatable bonds is 8. The van der Waals surface area contributed by atoms with E-state index in [0.29, 0.717) is 11.5 Å². The summed E-state index contributed by atoms with van der Waals surface area (Å²) >= 11 is 1.34. The number of aromatic nitrogens is 2. The largest absolute Gasteiger partial charge is 0.390 e. The van der Waals surface area contributed by atoms with Crippen molar-refractivity contribution < 1.29 is 31.6 Å². The van der Waals surface area contributed by atoms with E-state index < -0.39 is 41.1 Å². The fourth-order valence-corrected chi connectivity index (χ4v) is 6.39. The third-order valence-electron chi connectivity index (χ3n) is 6.93. The Balaban J connectivity index is 1.36. The standard InChI is InChI=1S/C25H27FN4O6S2/c1-13-17(24-16-5-3-2-4-14(16)6-7-35-24)9-20(37-13)23(32)18-10-28-12-29-25(18)30-19-8-15(22(31)21(19)26)11-36-38(27,33)34/h2-5,9-10,12,15,19,21-22,24,31H,6-8,11H2,1H3,(H2,27,33,34)(H,28,29,30)/t15-,19-,21-,22-,24-/m1/s1. The molecule has 3 aromatic rings. The highest BCUT2D eigenvalue weighted by Gasteiger charge is 2.44. The van der Waals surface area contributed by atoms with Crippen molar-refractivity contribution in [3.05, 3.63) is 74.9 Å². The summed E-state index contributed by atoms with van der Waals surface area (Å²) in [4.78, 5) is 23.1. The van der Waals surface area contributed by atoms with Crippen LogP contribution in [0.25, 0.3) is 0 Å². The molecule has 1 aromatic carbocycles. The number of aliphatic hydroxyl groups excluding tert-OH is 1. The van der Waals surface area contributed by atoms with Crippen LogP contribution in [-0.2, 0) is 25.6 Å². The first-order valence-corrected chi connectivity index (χ1v) is 14.3. The number of nitrogens with two attached hydrogens (primary N) is 1. The minimum absolute atomic E-state index is 0.0379. The minimum atomic E-state index is -4.23. The van der Waals surface area contributed by atoms with Crippen LogP contribution < -0.4 is 10.5 Å². The Kier molecular flexibility index (Phi) is 7.58. The molecule has 0 bridgehead atoms. The normalized spacial score (nSPS) is 25.2. The molecule has 1 fully saturated rings. The fourth-order valence-electron chi connectivity index (χ4n) is 5.02. The van der Waals surface area contributed by atoms with Crippen LogP contribution >= 0.6 is 11.3 Å². The van der Waals surface area contributed by atoms with Crippen LogP contribution in [0.2, 0.25) is 0 Å². The summed E-state index contributed by atoms with van der Waals surface area (Å²) in [7, 11) is -4.23. The van der Waals surface area contributed by atoms with E-state index in [1.165, 1.54) is 29.4 Å². The van der Waals surface area contributed by atoms with Gasteiger partial charge < -0.3 is 15.2 Å². The van der Waals surface area contributed by atoms with Crippen LogP contribution in [0.1, 0.15) is 49.3 Å². The van der Waals surface area contributed by atoms with Crippen molar-refractivity contribution in [1.29, 1.82) is 0 Å². The number of hydrogen-bond acceptors (Lipinski definition) is 10. The van der Waals surface area contributed by atoms with Gasteiger partial charge in [0.15, 0.2) is 0 Å². The van der Waals surface area contributed by atoms with Gasteiger partial charge in [-0.05, 0) is 42.5 Å². The molecule has 3 heterocycles.